The van der Waals surface area contributed by atoms with Crippen LogP contribution in [0, 0.1) is 5.41 Å². The van der Waals surface area contributed by atoms with Crippen molar-refractivity contribution in [2.75, 3.05) is 19.6 Å². The maximum atomic E-state index is 11.8. The molecular weight excluding hydrogens is 534 g/mol. The summed E-state index contributed by atoms with van der Waals surface area (Å²) in [7, 11) is 0. The third-order valence-electron chi connectivity index (χ3n) is 8.12. The molecule has 3 aromatic rings. The van der Waals surface area contributed by atoms with Crippen molar-refractivity contribution < 1.29 is 14.6 Å². The molecule has 0 radical (unpaired) electrons. The number of ether oxygens (including phenoxy) is 2. The van der Waals surface area contributed by atoms with Gasteiger partial charge in [0.1, 0.15) is 18.1 Å². The lowest BCUT2D eigenvalue weighted by Gasteiger charge is -2.50. The summed E-state index contributed by atoms with van der Waals surface area (Å²) in [6.45, 7) is 15.3. The normalized spacial score (nSPS) is 21.0. The molecule has 6 nitrogen and oxygen atoms in total. The van der Waals surface area contributed by atoms with Crippen LogP contribution in [0.15, 0.2) is 79.3 Å². The van der Waals surface area contributed by atoms with Crippen LogP contribution in [0.2, 0.25) is 5.02 Å². The Morgan fingerprint density at radius 2 is 1.98 bits per heavy atom. The first kappa shape index (κ1) is 29.2. The highest BCUT2D eigenvalue weighted by atomic mass is 35.5. The number of nitrogens with zero attached hydrogens (tertiary/aromatic N) is 2. The van der Waals surface area contributed by atoms with Gasteiger partial charge >= 0.3 is 0 Å². The molecule has 1 saturated heterocycles. The number of fused-ring (bicyclic) bond motifs is 2. The summed E-state index contributed by atoms with van der Waals surface area (Å²) in [5.41, 5.74) is 3.74. The molecule has 0 amide bonds. The second-order valence-corrected chi connectivity index (χ2v) is 12.4. The second-order valence-electron chi connectivity index (χ2n) is 12.0. The van der Waals surface area contributed by atoms with Crippen LogP contribution in [-0.4, -0.2) is 40.7 Å². The van der Waals surface area contributed by atoms with Gasteiger partial charge in [-0.2, -0.15) is 0 Å². The highest BCUT2D eigenvalue weighted by molar-refractivity contribution is 6.30. The summed E-state index contributed by atoms with van der Waals surface area (Å²) in [6, 6.07) is 17.8. The number of hydrogen-bond acceptors (Lipinski definition) is 6. The minimum atomic E-state index is -0.903. The van der Waals surface area contributed by atoms with Gasteiger partial charge in [-0.25, -0.2) is 0 Å². The van der Waals surface area contributed by atoms with E-state index < -0.39 is 5.60 Å². The molecular formula is C34H40ClN3O3. The number of nitrogens with one attached hydrogen (secondary N) is 1. The first-order chi connectivity index (χ1) is 19.6. The van der Waals surface area contributed by atoms with Crippen molar-refractivity contribution in [2.45, 2.75) is 58.8 Å². The van der Waals surface area contributed by atoms with Gasteiger partial charge in [-0.1, -0.05) is 49.7 Å². The molecule has 1 fully saturated rings. The fourth-order valence-corrected chi connectivity index (χ4v) is 6.11. The maximum absolute atomic E-state index is 11.8. The van der Waals surface area contributed by atoms with E-state index >= 15 is 0 Å². The molecule has 0 bridgehead atoms. The number of likely N-dealkylation sites (tertiary alicyclic amines) is 1. The Morgan fingerprint density at radius 3 is 2.71 bits per heavy atom. The zero-order chi connectivity index (χ0) is 29.2. The Labute approximate surface area is 248 Å². The molecule has 2 N–H and O–H groups in total. The van der Waals surface area contributed by atoms with E-state index in [0.29, 0.717) is 29.7 Å². The lowest BCUT2D eigenvalue weighted by molar-refractivity contribution is -0.125. The highest BCUT2D eigenvalue weighted by Gasteiger charge is 2.48. The summed E-state index contributed by atoms with van der Waals surface area (Å²) in [4.78, 5) is 7.06. The van der Waals surface area contributed by atoms with Gasteiger partial charge in [0, 0.05) is 53.4 Å². The molecule has 216 valence electrons. The van der Waals surface area contributed by atoms with Crippen molar-refractivity contribution in [3.63, 3.8) is 0 Å². The molecule has 2 aliphatic heterocycles. The number of aliphatic hydroxyl groups is 1. The van der Waals surface area contributed by atoms with E-state index in [1.807, 2.05) is 68.6 Å². The molecule has 3 heterocycles. The zero-order valence-electron chi connectivity index (χ0n) is 24.4. The molecule has 0 unspecified atom stereocenters. The summed E-state index contributed by atoms with van der Waals surface area (Å²) in [5.74, 6) is 2.01. The van der Waals surface area contributed by atoms with Gasteiger partial charge in [0.2, 0.25) is 0 Å². The number of pyridine rings is 1. The van der Waals surface area contributed by atoms with E-state index in [9.17, 15) is 5.11 Å². The fourth-order valence-electron chi connectivity index (χ4n) is 5.98. The summed E-state index contributed by atoms with van der Waals surface area (Å²) in [6.07, 6.45) is 5.59. The van der Waals surface area contributed by atoms with E-state index in [1.54, 1.807) is 0 Å². The fraction of sp³-hybridized carbons (Fsp3) is 0.382. The van der Waals surface area contributed by atoms with Gasteiger partial charge < -0.3 is 24.8 Å². The number of halogens is 1. The van der Waals surface area contributed by atoms with Crippen molar-refractivity contribution in [3.8, 4) is 11.5 Å². The monoisotopic (exact) mass is 573 g/mol. The van der Waals surface area contributed by atoms with Crippen LogP contribution < -0.4 is 14.8 Å². The lowest BCUT2D eigenvalue weighted by Crippen LogP contribution is -2.55. The van der Waals surface area contributed by atoms with Crippen molar-refractivity contribution >= 4 is 17.2 Å². The third kappa shape index (κ3) is 6.30. The molecule has 0 spiro atoms. The van der Waals surface area contributed by atoms with Gasteiger partial charge in [0.15, 0.2) is 5.88 Å². The van der Waals surface area contributed by atoms with Crippen molar-refractivity contribution in [1.82, 2.24) is 15.2 Å². The quantitative estimate of drug-likeness (QED) is 0.285. The van der Waals surface area contributed by atoms with Crippen LogP contribution >= 0.6 is 11.6 Å². The van der Waals surface area contributed by atoms with Crippen LogP contribution in [-0.2, 0) is 12.2 Å². The van der Waals surface area contributed by atoms with Gasteiger partial charge in [-0.15, -0.1) is 0 Å². The van der Waals surface area contributed by atoms with Crippen LogP contribution in [0.4, 0.5) is 0 Å². The third-order valence-corrected chi connectivity index (χ3v) is 8.37. The minimum absolute atomic E-state index is 0.224. The summed E-state index contributed by atoms with van der Waals surface area (Å²) < 4.78 is 12.2. The standard InChI is InChI=1S/C34H40ClN3O3/c1-23(2)37-24(3)41-27-14-15-32-30(20-27)28(29-8-6-17-36-31(29)21-40-32)9-7-18-38-19-16-34(39,33(4,5)22-38)25-10-12-26(35)13-11-25/h6,8-15,17,20,23,37,39H,3,7,16,18-19,21-22H2,1-2,4-5H3/b28-9+/t34-/m0/s1. The SMILES string of the molecule is C=C(NC(C)C)Oc1ccc2c(c1)/C(=C/CCN1CC[C@](O)(c3ccc(Cl)cc3)C(C)(C)C1)c1cccnc1CO2. The molecule has 2 aromatic carbocycles. The van der Waals surface area contributed by atoms with Crippen molar-refractivity contribution in [3.05, 3.63) is 107 Å². The Bertz CT molecular complexity index is 1430. The van der Waals surface area contributed by atoms with E-state index in [-0.39, 0.29) is 11.5 Å². The average Bonchev–Trinajstić information content (AvgIpc) is 3.07. The molecule has 0 saturated carbocycles. The number of rotatable bonds is 8. The van der Waals surface area contributed by atoms with E-state index in [1.165, 1.54) is 0 Å². The lowest BCUT2D eigenvalue weighted by atomic mass is 9.66. The molecule has 2 aliphatic rings. The van der Waals surface area contributed by atoms with Gasteiger partial charge in [-0.3, -0.25) is 4.98 Å². The largest absolute Gasteiger partial charge is 0.487 e. The predicted molar refractivity (Wildman–Crippen MR) is 165 cm³/mol. The van der Waals surface area contributed by atoms with E-state index in [0.717, 1.165) is 59.8 Å². The van der Waals surface area contributed by atoms with Gasteiger partial charge in [-0.05, 0) is 80.8 Å². The number of benzene rings is 2. The van der Waals surface area contributed by atoms with Crippen LogP contribution in [0.3, 0.4) is 0 Å². The molecule has 1 atom stereocenters. The molecule has 41 heavy (non-hydrogen) atoms. The van der Waals surface area contributed by atoms with Crippen molar-refractivity contribution in [2.24, 2.45) is 5.41 Å². The molecule has 1 aromatic heterocycles. The Kier molecular flexibility index (Phi) is 8.46. The maximum Gasteiger partial charge on any atom is 0.186 e. The van der Waals surface area contributed by atoms with E-state index in [2.05, 4.69) is 47.8 Å². The first-order valence-corrected chi connectivity index (χ1v) is 14.7. The van der Waals surface area contributed by atoms with Crippen LogP contribution in [0.5, 0.6) is 11.5 Å². The smallest absolute Gasteiger partial charge is 0.186 e. The number of hydrogen-bond donors (Lipinski definition) is 2. The number of piperidine rings is 1. The average molecular weight is 574 g/mol. The summed E-state index contributed by atoms with van der Waals surface area (Å²) in [5, 5.41) is 15.7. The van der Waals surface area contributed by atoms with E-state index in [4.69, 9.17) is 21.1 Å². The first-order valence-electron chi connectivity index (χ1n) is 14.3. The topological polar surface area (TPSA) is 66.9 Å². The van der Waals surface area contributed by atoms with Gasteiger partial charge in [0.25, 0.3) is 0 Å². The Balaban J connectivity index is 1.36. The Hall–Kier alpha value is -3.32. The van der Waals surface area contributed by atoms with Gasteiger partial charge in [0.05, 0.1) is 11.3 Å². The highest BCUT2D eigenvalue weighted by Crippen LogP contribution is 2.46. The minimum Gasteiger partial charge on any atom is -0.487 e. The number of aromatic nitrogens is 1. The van der Waals surface area contributed by atoms with Crippen LogP contribution in [0.1, 0.15) is 62.9 Å². The second kappa shape index (κ2) is 11.9. The summed E-state index contributed by atoms with van der Waals surface area (Å²) >= 11 is 6.11. The molecule has 5 rings (SSSR count). The van der Waals surface area contributed by atoms with Crippen LogP contribution in [0.25, 0.3) is 5.57 Å². The molecule has 7 heteroatoms. The zero-order valence-corrected chi connectivity index (χ0v) is 25.2. The van der Waals surface area contributed by atoms with Crippen molar-refractivity contribution in [1.29, 1.82) is 0 Å². The predicted octanol–water partition coefficient (Wildman–Crippen LogP) is 6.92. The molecule has 0 aliphatic carbocycles. The Morgan fingerprint density at radius 1 is 1.20 bits per heavy atom.